The molecule has 1 aliphatic rings. The molecule has 0 aliphatic carbocycles. The predicted molar refractivity (Wildman–Crippen MR) is 106 cm³/mol. The van der Waals surface area contributed by atoms with Gasteiger partial charge in [0.2, 0.25) is 0 Å². The van der Waals surface area contributed by atoms with E-state index in [1.807, 2.05) is 38.1 Å². The van der Waals surface area contributed by atoms with Gasteiger partial charge in [0.25, 0.3) is 0 Å². The lowest BCUT2D eigenvalue weighted by molar-refractivity contribution is -0.384. The molecule has 4 nitrogen and oxygen atoms in total. The van der Waals surface area contributed by atoms with Crippen LogP contribution in [0, 0.1) is 13.8 Å². The van der Waals surface area contributed by atoms with E-state index in [0.717, 1.165) is 11.1 Å². The molecule has 0 radical (unpaired) electrons. The summed E-state index contributed by atoms with van der Waals surface area (Å²) in [4.78, 5) is 15.6. The van der Waals surface area contributed by atoms with Crippen molar-refractivity contribution in [2.75, 3.05) is 0 Å². The third kappa shape index (κ3) is 2.97. The minimum Gasteiger partial charge on any atom is -0.671 e. The third-order valence-electron chi connectivity index (χ3n) is 4.86. The summed E-state index contributed by atoms with van der Waals surface area (Å²) < 4.78 is 12.2. The van der Waals surface area contributed by atoms with Crippen molar-refractivity contribution >= 4 is 46.6 Å². The molecule has 0 bridgehead atoms. The van der Waals surface area contributed by atoms with Crippen LogP contribution in [-0.4, -0.2) is 12.5 Å². The maximum atomic E-state index is 12.8. The quantitative estimate of drug-likeness (QED) is 0.621. The lowest BCUT2D eigenvalue weighted by Crippen LogP contribution is -2.68. The highest BCUT2D eigenvalue weighted by molar-refractivity contribution is 6.94. The maximum absolute atomic E-state index is 12.8. The number of nitrogens with one attached hydrogen (secondary N) is 1. The summed E-state index contributed by atoms with van der Waals surface area (Å²) in [6, 6.07) is 14.5. The summed E-state index contributed by atoms with van der Waals surface area (Å²) in [7, 11) is 0. The van der Waals surface area contributed by atoms with Crippen LogP contribution < -0.4 is 20.6 Å². The molecule has 4 rings (SSSR count). The Hall–Kier alpha value is -2.50. The van der Waals surface area contributed by atoms with Crippen LogP contribution in [0.5, 0.6) is 5.75 Å². The Labute approximate surface area is 167 Å². The average Bonchev–Trinajstić information content (AvgIpc) is 2.66. The zero-order chi connectivity index (χ0) is 19.2. The Morgan fingerprint density at radius 2 is 1.48 bits per heavy atom. The molecule has 1 aliphatic heterocycles. The van der Waals surface area contributed by atoms with Gasteiger partial charge in [0.1, 0.15) is 0 Å². The predicted octanol–water partition coefficient (Wildman–Crippen LogP) is 3.23. The van der Waals surface area contributed by atoms with Crippen LogP contribution in [0.4, 0.5) is 0 Å². The largest absolute Gasteiger partial charge is 0.671 e. The molecular weight excluding hydrogens is 384 g/mol. The van der Waals surface area contributed by atoms with E-state index in [4.69, 9.17) is 32.5 Å². The van der Waals surface area contributed by atoms with E-state index < -0.39 is 12.5 Å². The number of halogens is 2. The Kier molecular flexibility index (Phi) is 4.37. The third-order valence-corrected chi connectivity index (χ3v) is 5.67. The van der Waals surface area contributed by atoms with Crippen molar-refractivity contribution in [2.24, 2.45) is 0 Å². The molecule has 0 atom stereocenters. The molecule has 0 amide bonds. The van der Waals surface area contributed by atoms with Gasteiger partial charge in [0, 0.05) is 16.1 Å². The maximum Gasteiger partial charge on any atom is 0.408 e. The number of fused-ring (bicyclic) bond motifs is 1. The van der Waals surface area contributed by atoms with Crippen LogP contribution in [0.2, 0.25) is 10.0 Å². The zero-order valence-corrected chi connectivity index (χ0v) is 16.3. The number of aryl methyl sites for hydroxylation is 2. The van der Waals surface area contributed by atoms with E-state index in [0.29, 0.717) is 26.7 Å². The van der Waals surface area contributed by atoms with Crippen molar-refractivity contribution in [3.8, 4) is 5.75 Å². The molecule has 27 heavy (non-hydrogen) atoms. The second kappa shape index (κ2) is 6.59. The number of H-pyrrole nitrogens is 1. The number of benzene rings is 2. The second-order valence-electron chi connectivity index (χ2n) is 6.66. The fourth-order valence-electron chi connectivity index (χ4n) is 3.25. The fraction of sp³-hybridized carbons (Fsp3) is 0.100. The van der Waals surface area contributed by atoms with Gasteiger partial charge in [0.05, 0.1) is 0 Å². The molecule has 2 heterocycles. The van der Waals surface area contributed by atoms with Gasteiger partial charge < -0.3 is 9.31 Å². The summed E-state index contributed by atoms with van der Waals surface area (Å²) >= 11 is 12.7. The highest BCUT2D eigenvalue weighted by Crippen LogP contribution is 2.28. The van der Waals surface area contributed by atoms with Crippen LogP contribution in [0.15, 0.2) is 54.7 Å². The van der Waals surface area contributed by atoms with E-state index in [2.05, 4.69) is 4.98 Å². The number of rotatable bonds is 2. The smallest absolute Gasteiger partial charge is 0.408 e. The number of hydrogen-bond acceptors (Lipinski definition) is 3. The molecule has 0 saturated heterocycles. The molecule has 0 saturated carbocycles. The van der Waals surface area contributed by atoms with Crippen LogP contribution in [0.25, 0.3) is 0 Å². The van der Waals surface area contributed by atoms with Crippen LogP contribution in [0.3, 0.4) is 0 Å². The van der Waals surface area contributed by atoms with E-state index in [1.54, 1.807) is 30.5 Å². The van der Waals surface area contributed by atoms with Crippen LogP contribution in [-0.2, 0) is 4.65 Å². The summed E-state index contributed by atoms with van der Waals surface area (Å²) in [5.41, 5.74) is 3.43. The minimum absolute atomic E-state index is 0.270. The number of carbonyl (C=O) groups is 1. The molecule has 2 aromatic carbocycles. The number of hydrogen-bond donors (Lipinski definition) is 0. The van der Waals surface area contributed by atoms with Crippen molar-refractivity contribution in [3.05, 3.63) is 81.6 Å². The highest BCUT2D eigenvalue weighted by atomic mass is 35.5. The SMILES string of the molecule is Cc1ccc([B-]2(c3ccc(C)c(Cl)c3)OC(=O)c3[nH+]cccc3O2)cc1Cl. The van der Waals surface area contributed by atoms with E-state index >= 15 is 0 Å². The zero-order valence-electron chi connectivity index (χ0n) is 14.8. The van der Waals surface area contributed by atoms with Crippen LogP contribution >= 0.6 is 23.2 Å². The molecule has 0 fully saturated rings. The molecule has 1 aromatic heterocycles. The number of pyridine rings is 1. The summed E-state index contributed by atoms with van der Waals surface area (Å²) in [6.45, 7) is 1.47. The molecule has 7 heteroatoms. The first-order chi connectivity index (χ1) is 12.9. The van der Waals surface area contributed by atoms with Crippen molar-refractivity contribution < 1.29 is 19.1 Å². The lowest BCUT2D eigenvalue weighted by Gasteiger charge is -2.45. The van der Waals surface area contributed by atoms with Gasteiger partial charge in [-0.2, -0.15) is 0 Å². The van der Waals surface area contributed by atoms with Gasteiger partial charge in [-0.05, 0) is 31.0 Å². The first-order valence-electron chi connectivity index (χ1n) is 8.51. The Morgan fingerprint density at radius 3 is 2.04 bits per heavy atom. The van der Waals surface area contributed by atoms with Crippen molar-refractivity contribution in [1.29, 1.82) is 0 Å². The Morgan fingerprint density at radius 1 is 0.889 bits per heavy atom. The topological polar surface area (TPSA) is 49.7 Å². The van der Waals surface area contributed by atoms with E-state index in [9.17, 15) is 4.79 Å². The van der Waals surface area contributed by atoms with Crippen molar-refractivity contribution in [2.45, 2.75) is 13.8 Å². The van der Waals surface area contributed by atoms with E-state index in [-0.39, 0.29) is 5.69 Å². The Bertz CT molecular complexity index is 1020. The van der Waals surface area contributed by atoms with E-state index in [1.165, 1.54) is 0 Å². The van der Waals surface area contributed by atoms with Crippen molar-refractivity contribution in [1.82, 2.24) is 0 Å². The van der Waals surface area contributed by atoms with Gasteiger partial charge in [-0.3, -0.25) is 0 Å². The van der Waals surface area contributed by atoms with Crippen LogP contribution in [0.1, 0.15) is 21.6 Å². The molecule has 0 spiro atoms. The Balaban J connectivity index is 1.97. The number of carbonyl (C=O) groups excluding carboxylic acids is 1. The molecular formula is C20H16BCl2NO3. The first-order valence-corrected chi connectivity index (χ1v) is 9.27. The summed E-state index contributed by atoms with van der Waals surface area (Å²) in [5, 5.41) is 1.13. The average molecular weight is 400 g/mol. The fourth-order valence-corrected chi connectivity index (χ4v) is 3.63. The normalized spacial score (nSPS) is 14.9. The monoisotopic (exact) mass is 399 g/mol. The highest BCUT2D eigenvalue weighted by Gasteiger charge is 2.44. The van der Waals surface area contributed by atoms with Gasteiger partial charge in [-0.15, -0.1) is 10.9 Å². The minimum atomic E-state index is -2.35. The van der Waals surface area contributed by atoms with Gasteiger partial charge in [-0.25, -0.2) is 9.78 Å². The number of aromatic nitrogens is 1. The van der Waals surface area contributed by atoms with Gasteiger partial charge in [0.15, 0.2) is 11.9 Å². The second-order valence-corrected chi connectivity index (χ2v) is 7.48. The lowest BCUT2D eigenvalue weighted by atomic mass is 9.45. The summed E-state index contributed by atoms with van der Waals surface area (Å²) in [5.74, 6) is -0.0765. The first kappa shape index (κ1) is 17.9. The standard InChI is InChI=1S/C20H15BCl2NO3/c1-12-5-7-14(10-16(12)22)21(15-8-6-13(2)17(23)11-15)26-18-4-3-9-24-19(18)20(25)27-21/h3-11H,1-2H3/q-1/p+1. The summed E-state index contributed by atoms with van der Waals surface area (Å²) in [6.07, 6.45) is 1.65. The molecule has 1 N–H and O–H groups in total. The molecule has 136 valence electrons. The molecule has 0 unspecified atom stereocenters. The van der Waals surface area contributed by atoms with Crippen molar-refractivity contribution in [3.63, 3.8) is 0 Å². The van der Waals surface area contributed by atoms with Gasteiger partial charge >= 0.3 is 18.2 Å². The number of aromatic amines is 1. The molecule has 3 aromatic rings. The van der Waals surface area contributed by atoms with Gasteiger partial charge in [-0.1, -0.05) is 59.6 Å².